The summed E-state index contributed by atoms with van der Waals surface area (Å²) < 4.78 is 2.91. The second kappa shape index (κ2) is 5.53. The van der Waals surface area contributed by atoms with Crippen LogP contribution in [0.5, 0.6) is 0 Å². The number of nitrogens with zero attached hydrogens (tertiary/aromatic N) is 4. The van der Waals surface area contributed by atoms with Gasteiger partial charge in [-0.1, -0.05) is 12.1 Å². The lowest BCUT2D eigenvalue weighted by Crippen LogP contribution is -2.22. The van der Waals surface area contributed by atoms with E-state index in [0.29, 0.717) is 28.8 Å². The largest absolute Gasteiger partial charge is 0.391 e. The number of anilines is 1. The Morgan fingerprint density at radius 2 is 2.12 bits per heavy atom. The molecule has 0 spiro atoms. The molecule has 7 heteroatoms. The molecule has 1 unspecified atom stereocenters. The molecule has 4 heterocycles. The number of fused-ring (bicyclic) bond motifs is 5. The molecule has 1 N–H and O–H groups in total. The Morgan fingerprint density at radius 1 is 1.27 bits per heavy atom. The quantitative estimate of drug-likeness (QED) is 0.563. The van der Waals surface area contributed by atoms with E-state index >= 15 is 0 Å². The number of thiazole rings is 1. The van der Waals surface area contributed by atoms with Crippen molar-refractivity contribution in [3.05, 3.63) is 52.2 Å². The first kappa shape index (κ1) is 15.3. The molecule has 1 aromatic carbocycles. The molecule has 0 amide bonds. The Bertz CT molecular complexity index is 1280. The Morgan fingerprint density at radius 3 is 2.88 bits per heavy atom. The number of β-amino-alcohol motifs (C(OH)–C–C–N with tert-alkyl or cyclic N) is 1. The van der Waals surface area contributed by atoms with Crippen LogP contribution in [0.3, 0.4) is 0 Å². The van der Waals surface area contributed by atoms with E-state index in [4.69, 9.17) is 4.98 Å². The van der Waals surface area contributed by atoms with Crippen molar-refractivity contribution < 1.29 is 5.11 Å². The number of hydrogen-bond donors (Lipinski definition) is 1. The van der Waals surface area contributed by atoms with E-state index in [9.17, 15) is 15.2 Å². The zero-order valence-corrected chi connectivity index (χ0v) is 14.5. The summed E-state index contributed by atoms with van der Waals surface area (Å²) in [6, 6.07) is 13.4. The number of rotatable bonds is 1. The van der Waals surface area contributed by atoms with E-state index in [-0.39, 0.29) is 17.1 Å². The van der Waals surface area contributed by atoms with Gasteiger partial charge in [0.25, 0.3) is 0 Å². The molecule has 0 aliphatic carbocycles. The highest BCUT2D eigenvalue weighted by Gasteiger charge is 2.23. The third kappa shape index (κ3) is 2.06. The molecule has 128 valence electrons. The maximum Gasteiger partial charge on any atom is 0.210 e. The van der Waals surface area contributed by atoms with E-state index in [1.54, 1.807) is 12.1 Å². The zero-order valence-electron chi connectivity index (χ0n) is 13.7. The van der Waals surface area contributed by atoms with Gasteiger partial charge in [-0.2, -0.15) is 5.26 Å². The third-order valence-corrected chi connectivity index (χ3v) is 6.02. The van der Waals surface area contributed by atoms with Crippen LogP contribution in [0.1, 0.15) is 12.0 Å². The van der Waals surface area contributed by atoms with Gasteiger partial charge in [-0.3, -0.25) is 9.20 Å². The summed E-state index contributed by atoms with van der Waals surface area (Å²) in [5, 5.41) is 19.8. The number of hydrogen-bond acceptors (Lipinski definition) is 6. The Labute approximate surface area is 152 Å². The van der Waals surface area contributed by atoms with Crippen LogP contribution < -0.4 is 10.3 Å². The van der Waals surface area contributed by atoms with Crippen molar-refractivity contribution in [2.75, 3.05) is 18.0 Å². The lowest BCUT2D eigenvalue weighted by molar-refractivity contribution is 0.198. The summed E-state index contributed by atoms with van der Waals surface area (Å²) in [7, 11) is 0. The Balaban J connectivity index is 1.92. The molecule has 1 aliphatic heterocycles. The molecule has 6 nitrogen and oxygen atoms in total. The third-order valence-electron chi connectivity index (χ3n) is 4.87. The summed E-state index contributed by atoms with van der Waals surface area (Å²) in [6.45, 7) is 1.27. The van der Waals surface area contributed by atoms with Crippen LogP contribution in [0.4, 0.5) is 5.82 Å². The molecule has 4 aromatic rings. The lowest BCUT2D eigenvalue weighted by atomic mass is 10.2. The molecule has 1 aliphatic rings. The van der Waals surface area contributed by atoms with E-state index < -0.39 is 0 Å². The number of pyridine rings is 2. The van der Waals surface area contributed by atoms with Gasteiger partial charge in [-0.05, 0) is 30.7 Å². The molecule has 1 saturated heterocycles. The van der Waals surface area contributed by atoms with Gasteiger partial charge in [0.15, 0.2) is 5.65 Å². The van der Waals surface area contributed by atoms with Crippen molar-refractivity contribution in [2.24, 2.45) is 0 Å². The molecular weight excluding hydrogens is 348 g/mol. The Kier molecular flexibility index (Phi) is 3.26. The normalized spacial score (nSPS) is 17.4. The van der Waals surface area contributed by atoms with Gasteiger partial charge >= 0.3 is 0 Å². The lowest BCUT2D eigenvalue weighted by Gasteiger charge is -2.17. The number of benzene rings is 1. The van der Waals surface area contributed by atoms with Gasteiger partial charge in [0, 0.05) is 13.1 Å². The first-order chi connectivity index (χ1) is 12.7. The minimum atomic E-state index is -0.349. The number of para-hydroxylation sites is 1. The number of aromatic nitrogens is 2. The predicted molar refractivity (Wildman–Crippen MR) is 102 cm³/mol. The average Bonchev–Trinajstić information content (AvgIpc) is 3.25. The minimum Gasteiger partial charge on any atom is -0.391 e. The molecule has 0 saturated carbocycles. The van der Waals surface area contributed by atoms with Crippen LogP contribution in [0, 0.1) is 11.3 Å². The topological polar surface area (TPSA) is 81.6 Å². The van der Waals surface area contributed by atoms with Crippen LogP contribution in [-0.4, -0.2) is 33.7 Å². The molecule has 26 heavy (non-hydrogen) atoms. The van der Waals surface area contributed by atoms with Gasteiger partial charge in [-0.15, -0.1) is 11.3 Å². The average molecular weight is 362 g/mol. The molecule has 1 fully saturated rings. The van der Waals surface area contributed by atoms with Crippen molar-refractivity contribution in [3.8, 4) is 6.07 Å². The standard InChI is InChI=1S/C19H14N4O2S/c20-9-13-17(25)12-5-6-16(22-8-7-11(24)10-22)21-18(12)23-14-3-1-2-4-15(14)26-19(13)23/h1-6,11,24H,7-8,10H2. The summed E-state index contributed by atoms with van der Waals surface area (Å²) in [4.78, 5) is 20.2. The fourth-order valence-electron chi connectivity index (χ4n) is 3.60. The highest BCUT2D eigenvalue weighted by atomic mass is 32.1. The highest BCUT2D eigenvalue weighted by molar-refractivity contribution is 7.24. The zero-order chi connectivity index (χ0) is 17.8. The maximum atomic E-state index is 12.8. The number of aliphatic hydroxyl groups excluding tert-OH is 1. The van der Waals surface area contributed by atoms with Crippen LogP contribution in [-0.2, 0) is 0 Å². The van der Waals surface area contributed by atoms with Crippen LogP contribution in [0.2, 0.25) is 0 Å². The van der Waals surface area contributed by atoms with Crippen LogP contribution >= 0.6 is 11.3 Å². The van der Waals surface area contributed by atoms with Crippen LogP contribution in [0.15, 0.2) is 41.2 Å². The van der Waals surface area contributed by atoms with Gasteiger partial charge in [-0.25, -0.2) is 4.98 Å². The van der Waals surface area contributed by atoms with Crippen molar-refractivity contribution in [3.63, 3.8) is 0 Å². The molecule has 0 bridgehead atoms. The fourth-order valence-corrected chi connectivity index (χ4v) is 4.74. The summed E-state index contributed by atoms with van der Waals surface area (Å²) >= 11 is 1.43. The van der Waals surface area contributed by atoms with Crippen molar-refractivity contribution in [1.82, 2.24) is 9.38 Å². The maximum absolute atomic E-state index is 12.8. The van der Waals surface area contributed by atoms with E-state index in [1.165, 1.54) is 11.3 Å². The Hall–Kier alpha value is -2.95. The molecular formula is C19H14N4O2S. The molecule has 5 rings (SSSR count). The van der Waals surface area contributed by atoms with Crippen LogP contribution in [0.25, 0.3) is 26.1 Å². The van der Waals surface area contributed by atoms with Gasteiger partial charge in [0.1, 0.15) is 22.3 Å². The second-order valence-electron chi connectivity index (χ2n) is 6.46. The van der Waals surface area contributed by atoms with Gasteiger partial charge in [0.2, 0.25) is 5.43 Å². The monoisotopic (exact) mass is 362 g/mol. The highest BCUT2D eigenvalue weighted by Crippen LogP contribution is 2.31. The second-order valence-corrected chi connectivity index (χ2v) is 7.49. The summed E-state index contributed by atoms with van der Waals surface area (Å²) in [6.07, 6.45) is 0.363. The smallest absolute Gasteiger partial charge is 0.210 e. The van der Waals surface area contributed by atoms with Crippen molar-refractivity contribution in [2.45, 2.75) is 12.5 Å². The number of nitriles is 1. The van der Waals surface area contributed by atoms with E-state index in [1.807, 2.05) is 33.6 Å². The van der Waals surface area contributed by atoms with E-state index in [2.05, 4.69) is 6.07 Å². The fraction of sp³-hybridized carbons (Fsp3) is 0.211. The SMILES string of the molecule is N#Cc1c(=O)c2ccc(N3CCC(O)C3)nc2n2c1sc1ccccc12. The van der Waals surface area contributed by atoms with E-state index in [0.717, 1.165) is 22.6 Å². The van der Waals surface area contributed by atoms with Gasteiger partial charge in [0.05, 0.1) is 21.7 Å². The van der Waals surface area contributed by atoms with Crippen molar-refractivity contribution in [1.29, 1.82) is 5.26 Å². The van der Waals surface area contributed by atoms with Gasteiger partial charge < -0.3 is 10.0 Å². The molecule has 3 aromatic heterocycles. The minimum absolute atomic E-state index is 0.157. The number of aliphatic hydroxyl groups is 1. The first-order valence-electron chi connectivity index (χ1n) is 8.37. The molecule has 0 radical (unpaired) electrons. The van der Waals surface area contributed by atoms with Crippen molar-refractivity contribution >= 4 is 43.2 Å². The summed E-state index contributed by atoms with van der Waals surface area (Å²) in [5.74, 6) is 0.738. The first-order valence-corrected chi connectivity index (χ1v) is 9.19. The molecule has 1 atom stereocenters. The predicted octanol–water partition coefficient (Wildman–Crippen LogP) is 2.51. The summed E-state index contributed by atoms with van der Waals surface area (Å²) in [5.41, 5.74) is 1.36.